The smallest absolute Gasteiger partial charge is 0.341 e. The number of nitrogens with one attached hydrogen (secondary N) is 1. The number of esters is 1. The molecule has 1 N–H and O–H groups in total. The Kier molecular flexibility index (Phi) is 4.61. The summed E-state index contributed by atoms with van der Waals surface area (Å²) in [5, 5.41) is 2.92. The van der Waals surface area contributed by atoms with Crippen LogP contribution in [0.25, 0.3) is 0 Å². The van der Waals surface area contributed by atoms with Gasteiger partial charge in [0.1, 0.15) is 5.00 Å². The fraction of sp³-hybridized carbons (Fsp3) is 0.417. The quantitative estimate of drug-likeness (QED) is 0.673. The summed E-state index contributed by atoms with van der Waals surface area (Å²) in [5.41, 5.74) is 0.817. The highest BCUT2D eigenvalue weighted by Gasteiger charge is 2.24. The van der Waals surface area contributed by atoms with E-state index in [1.54, 1.807) is 13.8 Å². The molecule has 1 aromatic heterocycles. The zero-order chi connectivity index (χ0) is 13.9. The van der Waals surface area contributed by atoms with Gasteiger partial charge in [-0.05, 0) is 26.3 Å². The Morgan fingerprint density at radius 1 is 1.28 bits per heavy atom. The summed E-state index contributed by atoms with van der Waals surface area (Å²) in [4.78, 5) is 34.8. The van der Waals surface area contributed by atoms with Gasteiger partial charge in [-0.3, -0.25) is 9.59 Å². The third-order valence-corrected chi connectivity index (χ3v) is 3.54. The number of rotatable bonds is 4. The molecule has 0 fully saturated rings. The summed E-state index contributed by atoms with van der Waals surface area (Å²) in [5.74, 6) is -0.959. The van der Waals surface area contributed by atoms with Crippen molar-refractivity contribution in [3.8, 4) is 0 Å². The van der Waals surface area contributed by atoms with E-state index in [-0.39, 0.29) is 23.9 Å². The normalized spacial score (nSPS) is 10.0. The van der Waals surface area contributed by atoms with Crippen molar-refractivity contribution in [1.82, 2.24) is 0 Å². The first-order valence-corrected chi connectivity index (χ1v) is 6.29. The third-order valence-electron chi connectivity index (χ3n) is 2.24. The number of carbonyl (C=O) groups excluding carboxylic acids is 3. The minimum absolute atomic E-state index is 0.139. The van der Waals surface area contributed by atoms with Crippen LogP contribution in [-0.4, -0.2) is 24.3 Å². The molecule has 0 spiro atoms. The number of anilines is 1. The van der Waals surface area contributed by atoms with E-state index in [0.717, 1.165) is 11.3 Å². The van der Waals surface area contributed by atoms with Gasteiger partial charge in [0, 0.05) is 6.92 Å². The van der Waals surface area contributed by atoms with Gasteiger partial charge in [0.2, 0.25) is 5.91 Å². The van der Waals surface area contributed by atoms with E-state index < -0.39 is 5.97 Å². The summed E-state index contributed by atoms with van der Waals surface area (Å²) >= 11 is 1.09. The van der Waals surface area contributed by atoms with Crippen molar-refractivity contribution in [3.05, 3.63) is 16.0 Å². The van der Waals surface area contributed by atoms with Crippen molar-refractivity contribution >= 4 is 34.0 Å². The maximum absolute atomic E-state index is 11.8. The minimum atomic E-state index is -0.525. The molecule has 0 aliphatic rings. The second kappa shape index (κ2) is 5.77. The molecule has 0 unspecified atom stereocenters. The minimum Gasteiger partial charge on any atom is -0.462 e. The summed E-state index contributed by atoms with van der Waals surface area (Å²) in [6.07, 6.45) is 0. The van der Waals surface area contributed by atoms with Crippen LogP contribution in [0.5, 0.6) is 0 Å². The molecule has 1 aromatic rings. The second-order valence-corrected chi connectivity index (χ2v) is 4.74. The third kappa shape index (κ3) is 2.95. The van der Waals surface area contributed by atoms with E-state index in [4.69, 9.17) is 4.74 Å². The molecule has 1 heterocycles. The van der Waals surface area contributed by atoms with Crippen molar-refractivity contribution in [3.63, 3.8) is 0 Å². The highest BCUT2D eigenvalue weighted by Crippen LogP contribution is 2.33. The highest BCUT2D eigenvalue weighted by atomic mass is 32.1. The monoisotopic (exact) mass is 269 g/mol. The lowest BCUT2D eigenvalue weighted by molar-refractivity contribution is -0.114. The molecule has 0 aliphatic carbocycles. The Morgan fingerprint density at radius 2 is 1.89 bits per heavy atom. The molecule has 0 bridgehead atoms. The lowest BCUT2D eigenvalue weighted by Gasteiger charge is -2.05. The van der Waals surface area contributed by atoms with Gasteiger partial charge >= 0.3 is 5.97 Å². The molecular weight excluding hydrogens is 254 g/mol. The molecule has 98 valence electrons. The molecule has 0 saturated carbocycles. The van der Waals surface area contributed by atoms with Crippen LogP contribution in [0.15, 0.2) is 0 Å². The average Bonchev–Trinajstić information content (AvgIpc) is 2.55. The second-order valence-electron chi connectivity index (χ2n) is 3.72. The zero-order valence-corrected chi connectivity index (χ0v) is 11.6. The van der Waals surface area contributed by atoms with Gasteiger partial charge in [-0.15, -0.1) is 11.3 Å². The Labute approximate surface area is 109 Å². The number of amides is 1. The summed E-state index contributed by atoms with van der Waals surface area (Å²) in [7, 11) is 0. The number of ether oxygens (including phenoxy) is 1. The molecule has 1 rings (SSSR count). The number of hydrogen-bond donors (Lipinski definition) is 1. The molecule has 0 aliphatic heterocycles. The van der Waals surface area contributed by atoms with Gasteiger partial charge in [0.25, 0.3) is 0 Å². The van der Waals surface area contributed by atoms with E-state index >= 15 is 0 Å². The lowest BCUT2D eigenvalue weighted by atomic mass is 10.1. The summed E-state index contributed by atoms with van der Waals surface area (Å²) in [6, 6.07) is 0. The molecular formula is C12H15NO4S. The van der Waals surface area contributed by atoms with Crippen LogP contribution in [0.4, 0.5) is 5.00 Å². The molecule has 1 amide bonds. The molecule has 0 saturated heterocycles. The number of ketones is 1. The average molecular weight is 269 g/mol. The van der Waals surface area contributed by atoms with Crippen molar-refractivity contribution < 1.29 is 19.1 Å². The van der Waals surface area contributed by atoms with Crippen molar-refractivity contribution in [1.29, 1.82) is 0 Å². The molecule has 5 nitrogen and oxygen atoms in total. The van der Waals surface area contributed by atoms with Crippen molar-refractivity contribution in [2.75, 3.05) is 11.9 Å². The molecule has 0 aromatic carbocycles. The van der Waals surface area contributed by atoms with Crippen LogP contribution in [0.1, 0.15) is 46.4 Å². The van der Waals surface area contributed by atoms with Gasteiger partial charge in [-0.1, -0.05) is 0 Å². The van der Waals surface area contributed by atoms with E-state index in [0.29, 0.717) is 15.4 Å². The Bertz CT molecular complexity index is 504. The molecule has 0 radical (unpaired) electrons. The first-order chi connectivity index (χ1) is 8.38. The first-order valence-electron chi connectivity index (χ1n) is 5.47. The Balaban J connectivity index is 3.30. The number of Topliss-reactive ketones (excluding diaryl/α,β-unsaturated/α-hetero) is 1. The number of hydrogen-bond acceptors (Lipinski definition) is 5. The first kappa shape index (κ1) is 14.4. The van der Waals surface area contributed by atoms with Gasteiger partial charge in [-0.25, -0.2) is 4.79 Å². The lowest BCUT2D eigenvalue weighted by Crippen LogP contribution is -2.11. The predicted octanol–water partition coefficient (Wildman–Crippen LogP) is 2.39. The SMILES string of the molecule is CCOC(=O)c1c(NC(C)=O)sc(C(C)=O)c1C. The van der Waals surface area contributed by atoms with Crippen LogP contribution in [-0.2, 0) is 9.53 Å². The summed E-state index contributed by atoms with van der Waals surface area (Å²) < 4.78 is 4.93. The van der Waals surface area contributed by atoms with Gasteiger partial charge in [-0.2, -0.15) is 0 Å². The number of thiophene rings is 1. The van der Waals surface area contributed by atoms with E-state index in [9.17, 15) is 14.4 Å². The maximum Gasteiger partial charge on any atom is 0.341 e. The van der Waals surface area contributed by atoms with Crippen LogP contribution in [0.2, 0.25) is 0 Å². The summed E-state index contributed by atoms with van der Waals surface area (Å²) in [6.45, 7) is 6.38. The topological polar surface area (TPSA) is 72.5 Å². The van der Waals surface area contributed by atoms with Crippen molar-refractivity contribution in [2.24, 2.45) is 0 Å². The van der Waals surface area contributed by atoms with Gasteiger partial charge in [0.05, 0.1) is 17.0 Å². The van der Waals surface area contributed by atoms with Crippen LogP contribution in [0.3, 0.4) is 0 Å². The van der Waals surface area contributed by atoms with Gasteiger partial charge in [0.15, 0.2) is 5.78 Å². The molecule has 18 heavy (non-hydrogen) atoms. The standard InChI is InChI=1S/C12H15NO4S/c1-5-17-12(16)9-6(2)10(7(3)14)18-11(9)13-8(4)15/h5H2,1-4H3,(H,13,15). The molecule has 0 atom stereocenters. The molecule has 6 heteroatoms. The van der Waals surface area contributed by atoms with Gasteiger partial charge < -0.3 is 10.1 Å². The van der Waals surface area contributed by atoms with Crippen LogP contribution < -0.4 is 5.32 Å². The van der Waals surface area contributed by atoms with E-state index in [2.05, 4.69) is 5.32 Å². The van der Waals surface area contributed by atoms with Crippen molar-refractivity contribution in [2.45, 2.75) is 27.7 Å². The van der Waals surface area contributed by atoms with E-state index in [1.807, 2.05) is 0 Å². The predicted molar refractivity (Wildman–Crippen MR) is 69.3 cm³/mol. The Hall–Kier alpha value is -1.69. The van der Waals surface area contributed by atoms with Crippen LogP contribution >= 0.6 is 11.3 Å². The van der Waals surface area contributed by atoms with E-state index in [1.165, 1.54) is 13.8 Å². The number of carbonyl (C=O) groups is 3. The Morgan fingerprint density at radius 3 is 2.33 bits per heavy atom. The maximum atomic E-state index is 11.8. The largest absolute Gasteiger partial charge is 0.462 e. The fourth-order valence-corrected chi connectivity index (χ4v) is 2.68. The van der Waals surface area contributed by atoms with Crippen LogP contribution in [0, 0.1) is 6.92 Å². The zero-order valence-electron chi connectivity index (χ0n) is 10.7. The highest BCUT2D eigenvalue weighted by molar-refractivity contribution is 7.18. The fourth-order valence-electron chi connectivity index (χ4n) is 1.55.